The van der Waals surface area contributed by atoms with Crippen molar-refractivity contribution in [3.8, 4) is 5.75 Å². The number of alkyl halides is 3. The average molecular weight is 374 g/mol. The second-order valence-corrected chi connectivity index (χ2v) is 7.44. The van der Waals surface area contributed by atoms with E-state index >= 15 is 0 Å². The number of ether oxygens (including phenoxy) is 2. The molecular formula is C18H25F3N2O3. The van der Waals surface area contributed by atoms with Gasteiger partial charge >= 0.3 is 12.5 Å². The minimum Gasteiger partial charge on any atom is -0.444 e. The number of nitrogens with zero attached hydrogens (tertiary/aromatic N) is 2. The maximum atomic E-state index is 12.2. The molecule has 1 aliphatic heterocycles. The van der Waals surface area contributed by atoms with Crippen molar-refractivity contribution >= 4 is 6.09 Å². The van der Waals surface area contributed by atoms with Crippen LogP contribution in [-0.4, -0.2) is 53.5 Å². The SMILES string of the molecule is C[C@H]1CN(C(=O)OC(C)(C)C)CCN1Cc1ccc(OC(F)(F)F)cc1. The molecule has 1 heterocycles. The third-order valence-corrected chi connectivity index (χ3v) is 3.96. The van der Waals surface area contributed by atoms with Crippen LogP contribution in [0.2, 0.25) is 0 Å². The van der Waals surface area contributed by atoms with Crippen LogP contribution in [0.15, 0.2) is 24.3 Å². The molecule has 0 unspecified atom stereocenters. The molecule has 1 atom stereocenters. The van der Waals surface area contributed by atoms with Gasteiger partial charge in [0.1, 0.15) is 11.4 Å². The number of hydrogen-bond donors (Lipinski definition) is 0. The molecule has 0 aromatic heterocycles. The molecule has 1 amide bonds. The predicted octanol–water partition coefficient (Wildman–Crippen LogP) is 4.03. The average Bonchev–Trinajstić information content (AvgIpc) is 2.48. The number of carbonyl (C=O) groups excluding carboxylic acids is 1. The van der Waals surface area contributed by atoms with E-state index in [1.165, 1.54) is 12.1 Å². The Morgan fingerprint density at radius 2 is 1.77 bits per heavy atom. The summed E-state index contributed by atoms with van der Waals surface area (Å²) in [6, 6.07) is 5.97. The first-order chi connectivity index (χ1) is 11.9. The van der Waals surface area contributed by atoms with Crippen LogP contribution in [0.4, 0.5) is 18.0 Å². The molecule has 1 aromatic rings. The number of carbonyl (C=O) groups is 1. The normalized spacial score (nSPS) is 19.3. The lowest BCUT2D eigenvalue weighted by molar-refractivity contribution is -0.274. The van der Waals surface area contributed by atoms with E-state index in [4.69, 9.17) is 4.74 Å². The monoisotopic (exact) mass is 374 g/mol. The van der Waals surface area contributed by atoms with Crippen LogP contribution in [0.25, 0.3) is 0 Å². The molecule has 1 aromatic carbocycles. The summed E-state index contributed by atoms with van der Waals surface area (Å²) in [5, 5.41) is 0. The summed E-state index contributed by atoms with van der Waals surface area (Å²) < 4.78 is 45.9. The topological polar surface area (TPSA) is 42.0 Å². The Morgan fingerprint density at radius 3 is 2.27 bits per heavy atom. The highest BCUT2D eigenvalue weighted by Crippen LogP contribution is 2.24. The molecule has 1 aliphatic rings. The van der Waals surface area contributed by atoms with Crippen molar-refractivity contribution in [3.63, 3.8) is 0 Å². The van der Waals surface area contributed by atoms with Gasteiger partial charge in [-0.2, -0.15) is 0 Å². The number of hydrogen-bond acceptors (Lipinski definition) is 4. The van der Waals surface area contributed by atoms with E-state index in [9.17, 15) is 18.0 Å². The fourth-order valence-corrected chi connectivity index (χ4v) is 2.75. The fraction of sp³-hybridized carbons (Fsp3) is 0.611. The van der Waals surface area contributed by atoms with Crippen molar-refractivity contribution in [2.45, 2.75) is 52.2 Å². The summed E-state index contributed by atoms with van der Waals surface area (Å²) in [4.78, 5) is 16.0. The maximum Gasteiger partial charge on any atom is 0.573 e. The second kappa shape index (κ2) is 7.73. The van der Waals surface area contributed by atoms with E-state index in [0.717, 1.165) is 5.56 Å². The van der Waals surface area contributed by atoms with E-state index in [1.807, 2.05) is 27.7 Å². The Labute approximate surface area is 151 Å². The Kier molecular flexibility index (Phi) is 6.05. The molecule has 0 spiro atoms. The molecule has 0 radical (unpaired) electrons. The third-order valence-electron chi connectivity index (χ3n) is 3.96. The van der Waals surface area contributed by atoms with Gasteiger partial charge in [0, 0.05) is 32.2 Å². The van der Waals surface area contributed by atoms with Gasteiger partial charge in [-0.15, -0.1) is 13.2 Å². The van der Waals surface area contributed by atoms with Gasteiger partial charge in [-0.1, -0.05) is 12.1 Å². The first-order valence-corrected chi connectivity index (χ1v) is 8.49. The van der Waals surface area contributed by atoms with E-state index in [-0.39, 0.29) is 17.9 Å². The van der Waals surface area contributed by atoms with E-state index in [1.54, 1.807) is 17.0 Å². The zero-order valence-corrected chi connectivity index (χ0v) is 15.5. The molecule has 146 valence electrons. The summed E-state index contributed by atoms with van der Waals surface area (Å²) in [5.74, 6) is -0.232. The highest BCUT2D eigenvalue weighted by molar-refractivity contribution is 5.68. The van der Waals surface area contributed by atoms with E-state index in [0.29, 0.717) is 26.2 Å². The zero-order chi connectivity index (χ0) is 19.5. The van der Waals surface area contributed by atoms with Crippen molar-refractivity contribution in [2.75, 3.05) is 19.6 Å². The molecule has 1 saturated heterocycles. The molecule has 26 heavy (non-hydrogen) atoms. The molecule has 5 nitrogen and oxygen atoms in total. The number of piperazine rings is 1. The van der Waals surface area contributed by atoms with Gasteiger partial charge in [-0.25, -0.2) is 4.79 Å². The van der Waals surface area contributed by atoms with Gasteiger partial charge in [0.05, 0.1) is 0 Å². The van der Waals surface area contributed by atoms with Crippen LogP contribution < -0.4 is 4.74 Å². The minimum absolute atomic E-state index is 0.113. The van der Waals surface area contributed by atoms with Crippen molar-refractivity contribution in [2.24, 2.45) is 0 Å². The predicted molar refractivity (Wildman–Crippen MR) is 90.8 cm³/mol. The van der Waals surface area contributed by atoms with E-state index < -0.39 is 12.0 Å². The molecule has 1 fully saturated rings. The fourth-order valence-electron chi connectivity index (χ4n) is 2.75. The lowest BCUT2D eigenvalue weighted by atomic mass is 10.1. The van der Waals surface area contributed by atoms with Crippen LogP contribution in [0.5, 0.6) is 5.75 Å². The molecular weight excluding hydrogens is 349 g/mol. The maximum absolute atomic E-state index is 12.2. The Bertz CT molecular complexity index is 612. The smallest absolute Gasteiger partial charge is 0.444 e. The first kappa shape index (κ1) is 20.4. The standard InChI is InChI=1S/C18H25F3N2O3/c1-13-11-23(16(24)26-17(2,3)4)10-9-22(13)12-14-5-7-15(8-6-14)25-18(19,20)21/h5-8,13H,9-12H2,1-4H3/t13-/m0/s1. The third kappa shape index (κ3) is 6.40. The Hall–Kier alpha value is -1.96. The minimum atomic E-state index is -4.69. The van der Waals surface area contributed by atoms with Gasteiger partial charge in [0.15, 0.2) is 0 Å². The largest absolute Gasteiger partial charge is 0.573 e. The van der Waals surface area contributed by atoms with Crippen LogP contribution in [-0.2, 0) is 11.3 Å². The van der Waals surface area contributed by atoms with Gasteiger partial charge in [-0.3, -0.25) is 4.90 Å². The van der Waals surface area contributed by atoms with Crippen LogP contribution >= 0.6 is 0 Å². The van der Waals surface area contributed by atoms with Crippen molar-refractivity contribution < 1.29 is 27.4 Å². The molecule has 0 N–H and O–H groups in total. The molecule has 8 heteroatoms. The van der Waals surface area contributed by atoms with Crippen molar-refractivity contribution in [1.29, 1.82) is 0 Å². The second-order valence-electron chi connectivity index (χ2n) is 7.44. The zero-order valence-electron chi connectivity index (χ0n) is 15.5. The summed E-state index contributed by atoms with van der Waals surface area (Å²) in [6.07, 6.45) is -5.01. The first-order valence-electron chi connectivity index (χ1n) is 8.49. The van der Waals surface area contributed by atoms with E-state index in [2.05, 4.69) is 9.64 Å². The quantitative estimate of drug-likeness (QED) is 0.801. The number of rotatable bonds is 3. The lowest BCUT2D eigenvalue weighted by Gasteiger charge is -2.40. The Morgan fingerprint density at radius 1 is 1.15 bits per heavy atom. The summed E-state index contributed by atoms with van der Waals surface area (Å²) in [6.45, 7) is 9.86. The van der Waals surface area contributed by atoms with Crippen molar-refractivity contribution in [3.05, 3.63) is 29.8 Å². The highest BCUT2D eigenvalue weighted by Gasteiger charge is 2.31. The number of benzene rings is 1. The van der Waals surface area contributed by atoms with Gasteiger partial charge < -0.3 is 14.4 Å². The molecule has 0 bridgehead atoms. The lowest BCUT2D eigenvalue weighted by Crippen LogP contribution is -2.54. The van der Waals surface area contributed by atoms with Crippen LogP contribution in [0, 0.1) is 0 Å². The summed E-state index contributed by atoms with van der Waals surface area (Å²) >= 11 is 0. The Balaban J connectivity index is 1.89. The number of halogens is 3. The molecule has 0 saturated carbocycles. The van der Waals surface area contributed by atoms with Crippen LogP contribution in [0.1, 0.15) is 33.3 Å². The van der Waals surface area contributed by atoms with Gasteiger partial charge in [0.25, 0.3) is 0 Å². The highest BCUT2D eigenvalue weighted by atomic mass is 19.4. The molecule has 2 rings (SSSR count). The molecule has 0 aliphatic carbocycles. The van der Waals surface area contributed by atoms with Crippen molar-refractivity contribution in [1.82, 2.24) is 9.80 Å². The number of amides is 1. The summed E-state index contributed by atoms with van der Waals surface area (Å²) in [7, 11) is 0. The van der Waals surface area contributed by atoms with Crippen LogP contribution in [0.3, 0.4) is 0 Å². The summed E-state index contributed by atoms with van der Waals surface area (Å²) in [5.41, 5.74) is 0.356. The van der Waals surface area contributed by atoms with Gasteiger partial charge in [-0.05, 0) is 45.4 Å². The van der Waals surface area contributed by atoms with Gasteiger partial charge in [0.2, 0.25) is 0 Å².